The van der Waals surface area contributed by atoms with Crippen molar-refractivity contribution in [2.24, 2.45) is 0 Å². The molecule has 1 aliphatic heterocycles. The van der Waals surface area contributed by atoms with Crippen molar-refractivity contribution in [1.82, 2.24) is 19.8 Å². The number of nitrogens with one attached hydrogen (secondary N) is 1. The van der Waals surface area contributed by atoms with Gasteiger partial charge in [-0.25, -0.2) is 14.8 Å². The molecule has 0 amide bonds. The van der Waals surface area contributed by atoms with Crippen LogP contribution in [0.1, 0.15) is 27.9 Å². The van der Waals surface area contributed by atoms with Crippen molar-refractivity contribution >= 4 is 22.7 Å². The minimum atomic E-state index is -4.41. The standard InChI is InChI=1S/C26H30F3N5O4/c27-26(28,29)19-4-2-18(3-5-19)16-30-24-21-14-20(15-22(25(36)37)23(21)31-17-32-24)38-13-1-6-33-7-9-34(10-8-33)11-12-35/h2-5,14-15,17,35H,1,6-13,16H2,(H,36,37)(H,30,31,32). The maximum Gasteiger partial charge on any atom is 0.416 e. The van der Waals surface area contributed by atoms with Gasteiger partial charge in [-0.15, -0.1) is 0 Å². The Morgan fingerprint density at radius 3 is 2.34 bits per heavy atom. The first-order valence-electron chi connectivity index (χ1n) is 12.3. The molecule has 0 bridgehead atoms. The minimum absolute atomic E-state index is 0.0301. The SMILES string of the molecule is O=C(O)c1cc(OCCCN2CCN(CCO)CC2)cc2c(NCc3ccc(C(F)(F)F)cc3)ncnc12. The summed E-state index contributed by atoms with van der Waals surface area (Å²) in [6.45, 7) is 5.94. The summed E-state index contributed by atoms with van der Waals surface area (Å²) in [6, 6.07) is 7.89. The first-order valence-corrected chi connectivity index (χ1v) is 12.3. The van der Waals surface area contributed by atoms with Gasteiger partial charge in [0.15, 0.2) is 0 Å². The number of nitrogens with zero attached hydrogens (tertiary/aromatic N) is 4. The number of hydrogen-bond donors (Lipinski definition) is 3. The molecule has 0 spiro atoms. The lowest BCUT2D eigenvalue weighted by Gasteiger charge is -2.34. The summed E-state index contributed by atoms with van der Waals surface area (Å²) in [4.78, 5) is 24.8. The van der Waals surface area contributed by atoms with Crippen molar-refractivity contribution in [2.45, 2.75) is 19.1 Å². The molecular formula is C26H30F3N5O4. The number of aromatic carboxylic acids is 1. The monoisotopic (exact) mass is 533 g/mol. The van der Waals surface area contributed by atoms with Crippen molar-refractivity contribution in [1.29, 1.82) is 0 Å². The highest BCUT2D eigenvalue weighted by atomic mass is 19.4. The molecule has 0 aliphatic carbocycles. The summed E-state index contributed by atoms with van der Waals surface area (Å²) >= 11 is 0. The number of aliphatic hydroxyl groups excluding tert-OH is 1. The molecule has 4 rings (SSSR count). The Hall–Kier alpha value is -3.48. The van der Waals surface area contributed by atoms with Crippen molar-refractivity contribution in [3.05, 3.63) is 59.4 Å². The Morgan fingerprint density at radius 1 is 1.03 bits per heavy atom. The predicted molar refractivity (Wildman–Crippen MR) is 135 cm³/mol. The second-order valence-electron chi connectivity index (χ2n) is 9.05. The number of carboxylic acid groups (broad SMARTS) is 1. The number of carboxylic acids is 1. The van der Waals surface area contributed by atoms with E-state index in [2.05, 4.69) is 25.1 Å². The Kier molecular flexibility index (Phi) is 8.97. The van der Waals surface area contributed by atoms with Crippen LogP contribution >= 0.6 is 0 Å². The first-order chi connectivity index (χ1) is 18.2. The van der Waals surface area contributed by atoms with Gasteiger partial charge in [-0.05, 0) is 36.2 Å². The molecule has 2 heterocycles. The smallest absolute Gasteiger partial charge is 0.416 e. The predicted octanol–water partition coefficient (Wildman–Crippen LogP) is 3.34. The third-order valence-electron chi connectivity index (χ3n) is 6.45. The van der Waals surface area contributed by atoms with E-state index < -0.39 is 17.7 Å². The molecule has 3 N–H and O–H groups in total. The van der Waals surface area contributed by atoms with E-state index in [1.807, 2.05) is 0 Å². The van der Waals surface area contributed by atoms with Crippen LogP contribution < -0.4 is 10.1 Å². The molecule has 0 saturated carbocycles. The van der Waals surface area contributed by atoms with Crippen LogP contribution in [0.25, 0.3) is 10.9 Å². The zero-order valence-corrected chi connectivity index (χ0v) is 20.7. The highest BCUT2D eigenvalue weighted by Gasteiger charge is 2.30. The number of fused-ring (bicyclic) bond motifs is 1. The van der Waals surface area contributed by atoms with Crippen LogP contribution in [0.3, 0.4) is 0 Å². The van der Waals surface area contributed by atoms with Crippen molar-refractivity contribution in [2.75, 3.05) is 57.8 Å². The Labute approximate surface area is 217 Å². The number of halogens is 3. The number of piperazine rings is 1. The second-order valence-corrected chi connectivity index (χ2v) is 9.05. The lowest BCUT2D eigenvalue weighted by molar-refractivity contribution is -0.137. The van der Waals surface area contributed by atoms with Gasteiger partial charge >= 0.3 is 12.1 Å². The van der Waals surface area contributed by atoms with Crippen LogP contribution in [0, 0.1) is 0 Å². The fourth-order valence-corrected chi connectivity index (χ4v) is 4.38. The quantitative estimate of drug-likeness (QED) is 0.320. The molecular weight excluding hydrogens is 503 g/mol. The Balaban J connectivity index is 1.41. The van der Waals surface area contributed by atoms with Crippen molar-refractivity contribution < 1.29 is 32.9 Å². The topological polar surface area (TPSA) is 111 Å². The minimum Gasteiger partial charge on any atom is -0.493 e. The summed E-state index contributed by atoms with van der Waals surface area (Å²) in [5, 5.41) is 22.3. The summed E-state index contributed by atoms with van der Waals surface area (Å²) in [5.41, 5.74) is 0.0754. The summed E-state index contributed by atoms with van der Waals surface area (Å²) in [7, 11) is 0. The normalized spacial score (nSPS) is 15.1. The zero-order chi connectivity index (χ0) is 27.1. The largest absolute Gasteiger partial charge is 0.493 e. The molecule has 1 fully saturated rings. The van der Waals surface area contributed by atoms with Gasteiger partial charge < -0.3 is 25.2 Å². The van der Waals surface area contributed by atoms with Crippen LogP contribution in [0.4, 0.5) is 19.0 Å². The van der Waals surface area contributed by atoms with Crippen LogP contribution in [-0.2, 0) is 12.7 Å². The molecule has 1 saturated heterocycles. The van der Waals surface area contributed by atoms with Gasteiger partial charge in [-0.3, -0.25) is 4.90 Å². The van der Waals surface area contributed by atoms with Gasteiger partial charge in [0.25, 0.3) is 0 Å². The second kappa shape index (κ2) is 12.4. The van der Waals surface area contributed by atoms with Crippen molar-refractivity contribution in [3.63, 3.8) is 0 Å². The van der Waals surface area contributed by atoms with Crippen molar-refractivity contribution in [3.8, 4) is 5.75 Å². The third-order valence-corrected chi connectivity index (χ3v) is 6.45. The molecule has 0 unspecified atom stereocenters. The fraction of sp³-hybridized carbons (Fsp3) is 0.423. The number of hydrogen-bond acceptors (Lipinski definition) is 8. The molecule has 38 heavy (non-hydrogen) atoms. The number of alkyl halides is 3. The Morgan fingerprint density at radius 2 is 1.71 bits per heavy atom. The van der Waals surface area contributed by atoms with Gasteiger partial charge in [0.05, 0.1) is 29.9 Å². The number of β-amino-alcohol motifs (C(OH)–C–C–N with tert-alkyl or cyclic N) is 1. The maximum atomic E-state index is 12.8. The molecule has 2 aromatic carbocycles. The number of rotatable bonds is 11. The van der Waals surface area contributed by atoms with Crippen LogP contribution in [0.2, 0.25) is 0 Å². The molecule has 3 aromatic rings. The number of anilines is 1. The van der Waals surface area contributed by atoms with Gasteiger partial charge in [0.1, 0.15) is 17.9 Å². The summed E-state index contributed by atoms with van der Waals surface area (Å²) in [5.74, 6) is -0.438. The van der Waals surface area contributed by atoms with E-state index in [4.69, 9.17) is 9.84 Å². The average molecular weight is 534 g/mol. The maximum absolute atomic E-state index is 12.8. The average Bonchev–Trinajstić information content (AvgIpc) is 2.90. The molecule has 204 valence electrons. The fourth-order valence-electron chi connectivity index (χ4n) is 4.38. The number of ether oxygens (including phenoxy) is 1. The van der Waals surface area contributed by atoms with Gasteiger partial charge in [-0.2, -0.15) is 13.2 Å². The van der Waals surface area contributed by atoms with E-state index in [-0.39, 0.29) is 24.2 Å². The number of carbonyl (C=O) groups is 1. The van der Waals surface area contributed by atoms with E-state index in [9.17, 15) is 23.1 Å². The van der Waals surface area contributed by atoms with E-state index in [1.165, 1.54) is 24.5 Å². The van der Waals surface area contributed by atoms with Crippen LogP contribution in [0.15, 0.2) is 42.7 Å². The highest BCUT2D eigenvalue weighted by Crippen LogP contribution is 2.30. The van der Waals surface area contributed by atoms with Gasteiger partial charge in [0, 0.05) is 51.2 Å². The summed E-state index contributed by atoms with van der Waals surface area (Å²) < 4.78 is 44.4. The van der Waals surface area contributed by atoms with E-state index in [0.717, 1.165) is 51.3 Å². The third kappa shape index (κ3) is 7.09. The molecule has 0 radical (unpaired) electrons. The molecule has 0 atom stereocenters. The molecule has 1 aliphatic rings. The molecule has 1 aromatic heterocycles. The lowest BCUT2D eigenvalue weighted by atomic mass is 10.1. The highest BCUT2D eigenvalue weighted by molar-refractivity contribution is 6.05. The van der Waals surface area contributed by atoms with Gasteiger partial charge in [-0.1, -0.05) is 12.1 Å². The summed E-state index contributed by atoms with van der Waals surface area (Å²) in [6.07, 6.45) is -2.41. The van der Waals surface area contributed by atoms with E-state index in [0.29, 0.717) is 35.7 Å². The lowest BCUT2D eigenvalue weighted by Crippen LogP contribution is -2.47. The first kappa shape index (κ1) is 27.6. The molecule has 12 heteroatoms. The van der Waals surface area contributed by atoms with Crippen LogP contribution in [-0.4, -0.2) is 88.4 Å². The number of benzene rings is 2. The Bertz CT molecular complexity index is 1230. The zero-order valence-electron chi connectivity index (χ0n) is 20.7. The molecule has 9 nitrogen and oxygen atoms in total. The van der Waals surface area contributed by atoms with E-state index >= 15 is 0 Å². The number of aliphatic hydroxyl groups is 1. The van der Waals surface area contributed by atoms with E-state index in [1.54, 1.807) is 6.07 Å². The van der Waals surface area contributed by atoms with Gasteiger partial charge in [0.2, 0.25) is 0 Å². The van der Waals surface area contributed by atoms with Crippen LogP contribution in [0.5, 0.6) is 5.75 Å². The number of aromatic nitrogens is 2.